The summed E-state index contributed by atoms with van der Waals surface area (Å²) in [6.45, 7) is 4.24. The number of methoxy groups -OCH3 is 2. The molecule has 26 heavy (non-hydrogen) atoms. The van der Waals surface area contributed by atoms with Crippen LogP contribution >= 0.6 is 0 Å². The van der Waals surface area contributed by atoms with E-state index in [1.807, 2.05) is 12.1 Å². The topological polar surface area (TPSA) is 54.0 Å². The van der Waals surface area contributed by atoms with Gasteiger partial charge in [-0.25, -0.2) is 0 Å². The van der Waals surface area contributed by atoms with Crippen molar-refractivity contribution in [1.82, 2.24) is 0 Å². The van der Waals surface area contributed by atoms with Gasteiger partial charge in [0.15, 0.2) is 17.3 Å². The number of carbonyl (C=O) groups is 1. The van der Waals surface area contributed by atoms with Gasteiger partial charge in [0.25, 0.3) is 0 Å². The molecule has 1 heterocycles. The number of rotatable bonds is 6. The Bertz CT molecular complexity index is 867. The van der Waals surface area contributed by atoms with Crippen LogP contribution in [0.1, 0.15) is 15.9 Å². The maximum Gasteiger partial charge on any atom is 0.196 e. The summed E-state index contributed by atoms with van der Waals surface area (Å²) in [6, 6.07) is 10.7. The third kappa shape index (κ3) is 3.57. The monoisotopic (exact) mass is 352 g/mol. The maximum absolute atomic E-state index is 12.8. The first kappa shape index (κ1) is 17.6. The third-order valence-corrected chi connectivity index (χ3v) is 3.99. The number of hydrogen-bond donors (Lipinski definition) is 0. The number of carbonyl (C=O) groups excluding carboxylic acids is 1. The van der Waals surface area contributed by atoms with Gasteiger partial charge in [-0.2, -0.15) is 0 Å². The van der Waals surface area contributed by atoms with Gasteiger partial charge in [0.1, 0.15) is 24.7 Å². The molecule has 2 aromatic carbocycles. The Labute approximate surface area is 152 Å². The molecule has 5 nitrogen and oxygen atoms in total. The fourth-order valence-corrected chi connectivity index (χ4v) is 2.68. The van der Waals surface area contributed by atoms with E-state index in [4.69, 9.17) is 18.9 Å². The summed E-state index contributed by atoms with van der Waals surface area (Å²) in [5, 5.41) is 0. The molecular weight excluding hydrogens is 332 g/mol. The van der Waals surface area contributed by atoms with E-state index in [1.54, 1.807) is 50.6 Å². The summed E-state index contributed by atoms with van der Waals surface area (Å²) in [4.78, 5) is 12.8. The van der Waals surface area contributed by atoms with E-state index in [0.717, 1.165) is 5.56 Å². The molecule has 0 radical (unpaired) electrons. The molecule has 0 saturated carbocycles. The van der Waals surface area contributed by atoms with Crippen LogP contribution in [0.2, 0.25) is 0 Å². The molecule has 0 unspecified atom stereocenters. The molecule has 0 N–H and O–H groups in total. The summed E-state index contributed by atoms with van der Waals surface area (Å²) >= 11 is 0. The quantitative estimate of drug-likeness (QED) is 0.582. The summed E-state index contributed by atoms with van der Waals surface area (Å²) < 4.78 is 21.8. The van der Waals surface area contributed by atoms with Crippen molar-refractivity contribution in [2.45, 2.75) is 0 Å². The molecule has 0 spiro atoms. The average molecular weight is 352 g/mol. The highest BCUT2D eigenvalue weighted by Crippen LogP contribution is 2.33. The number of ketones is 1. The highest BCUT2D eigenvalue weighted by atomic mass is 16.5. The van der Waals surface area contributed by atoms with E-state index in [1.165, 1.54) is 0 Å². The Kier molecular flexibility index (Phi) is 5.27. The van der Waals surface area contributed by atoms with Crippen LogP contribution in [-0.4, -0.2) is 33.2 Å². The van der Waals surface area contributed by atoms with E-state index >= 15 is 0 Å². The van der Waals surface area contributed by atoms with E-state index < -0.39 is 0 Å². The molecule has 0 aliphatic carbocycles. The molecule has 134 valence electrons. The predicted octanol–water partition coefficient (Wildman–Crippen LogP) is 3.93. The minimum Gasteiger partial charge on any atom is -0.497 e. The lowest BCUT2D eigenvalue weighted by atomic mass is 9.98. The molecular formula is C21H20O5. The Balaban J connectivity index is 1.90. The van der Waals surface area contributed by atoms with Gasteiger partial charge < -0.3 is 18.9 Å². The minimum atomic E-state index is -0.0731. The first-order valence-corrected chi connectivity index (χ1v) is 8.14. The predicted molar refractivity (Wildman–Crippen MR) is 99.5 cm³/mol. The normalized spacial score (nSPS) is 14.4. The zero-order chi connectivity index (χ0) is 18.5. The Morgan fingerprint density at radius 1 is 1.12 bits per heavy atom. The van der Waals surface area contributed by atoms with Crippen molar-refractivity contribution in [3.05, 3.63) is 65.8 Å². The van der Waals surface area contributed by atoms with Crippen LogP contribution in [0.25, 0.3) is 6.08 Å². The third-order valence-electron chi connectivity index (χ3n) is 3.99. The molecule has 0 saturated heterocycles. The van der Waals surface area contributed by atoms with Gasteiger partial charge >= 0.3 is 0 Å². The fraction of sp³-hybridized carbons (Fsp3) is 0.190. The smallest absolute Gasteiger partial charge is 0.196 e. The molecule has 0 fully saturated rings. The van der Waals surface area contributed by atoms with Crippen LogP contribution in [0, 0.1) is 0 Å². The first-order chi connectivity index (χ1) is 12.7. The van der Waals surface area contributed by atoms with Crippen molar-refractivity contribution in [3.63, 3.8) is 0 Å². The minimum absolute atomic E-state index is 0.0731. The lowest BCUT2D eigenvalue weighted by molar-refractivity contribution is 0.100. The maximum atomic E-state index is 12.8. The Morgan fingerprint density at radius 3 is 2.69 bits per heavy atom. The zero-order valence-corrected chi connectivity index (χ0v) is 14.8. The van der Waals surface area contributed by atoms with Crippen LogP contribution in [0.4, 0.5) is 0 Å². The van der Waals surface area contributed by atoms with E-state index in [0.29, 0.717) is 40.7 Å². The number of fused-ring (bicyclic) bond motifs is 1. The molecule has 5 heteroatoms. The molecule has 0 amide bonds. The molecule has 0 atom stereocenters. The lowest BCUT2D eigenvalue weighted by Crippen LogP contribution is -2.19. The van der Waals surface area contributed by atoms with Crippen LogP contribution in [0.5, 0.6) is 23.0 Å². The zero-order valence-electron chi connectivity index (χ0n) is 14.8. The second-order valence-electron chi connectivity index (χ2n) is 5.66. The van der Waals surface area contributed by atoms with Crippen molar-refractivity contribution >= 4 is 11.9 Å². The van der Waals surface area contributed by atoms with Crippen molar-refractivity contribution in [3.8, 4) is 23.0 Å². The highest BCUT2D eigenvalue weighted by molar-refractivity contribution is 6.14. The summed E-state index contributed by atoms with van der Waals surface area (Å²) in [7, 11) is 3.14. The van der Waals surface area contributed by atoms with Crippen LogP contribution in [-0.2, 0) is 0 Å². The number of benzene rings is 2. The molecule has 1 aliphatic heterocycles. The van der Waals surface area contributed by atoms with E-state index in [9.17, 15) is 4.79 Å². The number of hydrogen-bond acceptors (Lipinski definition) is 5. The van der Waals surface area contributed by atoms with Gasteiger partial charge in [-0.15, -0.1) is 0 Å². The number of ether oxygens (including phenoxy) is 4. The molecule has 0 aromatic heterocycles. The highest BCUT2D eigenvalue weighted by Gasteiger charge is 2.24. The second kappa shape index (κ2) is 7.78. The standard InChI is InChI=1S/C21H20O5/c1-4-9-25-19-7-5-14(11-20(19)24-3)10-15-13-26-18-8-6-16(23-2)12-17(18)21(15)22/h4-8,10-12H,1,9,13H2,2-3H3. The summed E-state index contributed by atoms with van der Waals surface area (Å²) in [6.07, 6.45) is 3.46. The van der Waals surface area contributed by atoms with Crippen LogP contribution in [0.15, 0.2) is 54.6 Å². The molecule has 1 aliphatic rings. The van der Waals surface area contributed by atoms with Crippen molar-refractivity contribution < 1.29 is 23.7 Å². The van der Waals surface area contributed by atoms with Gasteiger partial charge in [-0.05, 0) is 42.0 Å². The van der Waals surface area contributed by atoms with Gasteiger partial charge in [-0.1, -0.05) is 18.7 Å². The van der Waals surface area contributed by atoms with E-state index in [2.05, 4.69) is 6.58 Å². The van der Waals surface area contributed by atoms with Gasteiger partial charge in [0.05, 0.1) is 19.8 Å². The number of Topliss-reactive ketones (excluding diaryl/α,β-unsaturated/α-hetero) is 1. The summed E-state index contributed by atoms with van der Waals surface area (Å²) in [5.74, 6) is 2.32. The Hall–Kier alpha value is -3.21. The molecule has 0 bridgehead atoms. The molecule has 2 aromatic rings. The Morgan fingerprint density at radius 2 is 1.96 bits per heavy atom. The van der Waals surface area contributed by atoms with Crippen molar-refractivity contribution in [2.75, 3.05) is 27.4 Å². The van der Waals surface area contributed by atoms with Crippen LogP contribution in [0.3, 0.4) is 0 Å². The molecule has 3 rings (SSSR count). The SMILES string of the molecule is C=CCOc1ccc(C=C2COc3ccc(OC)cc3C2=O)cc1OC. The van der Waals surface area contributed by atoms with Gasteiger partial charge in [0, 0.05) is 5.57 Å². The first-order valence-electron chi connectivity index (χ1n) is 8.14. The van der Waals surface area contributed by atoms with Crippen molar-refractivity contribution in [1.29, 1.82) is 0 Å². The lowest BCUT2D eigenvalue weighted by Gasteiger charge is -2.19. The van der Waals surface area contributed by atoms with Gasteiger partial charge in [-0.3, -0.25) is 4.79 Å². The summed E-state index contributed by atoms with van der Waals surface area (Å²) in [5.41, 5.74) is 1.89. The fourth-order valence-electron chi connectivity index (χ4n) is 2.68. The average Bonchev–Trinajstić information content (AvgIpc) is 2.68. The van der Waals surface area contributed by atoms with E-state index in [-0.39, 0.29) is 12.4 Å². The largest absolute Gasteiger partial charge is 0.497 e. The van der Waals surface area contributed by atoms with Crippen LogP contribution < -0.4 is 18.9 Å². The second-order valence-corrected chi connectivity index (χ2v) is 5.66. The van der Waals surface area contributed by atoms with Gasteiger partial charge in [0.2, 0.25) is 0 Å². The van der Waals surface area contributed by atoms with Crippen molar-refractivity contribution in [2.24, 2.45) is 0 Å².